The second-order valence-electron chi connectivity index (χ2n) is 4.40. The molecule has 0 unspecified atom stereocenters. The van der Waals surface area contributed by atoms with Crippen molar-refractivity contribution >= 4 is 23.2 Å². The van der Waals surface area contributed by atoms with Gasteiger partial charge in [0, 0.05) is 11.1 Å². The standard InChI is InChI=1S/C13H9ClFN3O4/c14-11-3-8(15)2-1-7(11)5-17-6-9(18(21)22)4-10(12(16)19)13(17)20/h1-4,6H,5H2,(H2,16,19). The predicted octanol–water partition coefficient (Wildman–Crippen LogP) is 1.70. The minimum atomic E-state index is -1.08. The van der Waals surface area contributed by atoms with Crippen LogP contribution in [0.25, 0.3) is 0 Å². The highest BCUT2D eigenvalue weighted by atomic mass is 35.5. The van der Waals surface area contributed by atoms with Crippen molar-refractivity contribution in [3.63, 3.8) is 0 Å². The highest BCUT2D eigenvalue weighted by Gasteiger charge is 2.18. The number of amides is 1. The summed E-state index contributed by atoms with van der Waals surface area (Å²) >= 11 is 5.86. The number of nitro groups is 1. The van der Waals surface area contributed by atoms with E-state index in [1.54, 1.807) is 0 Å². The zero-order chi connectivity index (χ0) is 16.4. The highest BCUT2D eigenvalue weighted by Crippen LogP contribution is 2.19. The van der Waals surface area contributed by atoms with E-state index in [0.717, 1.165) is 29.0 Å². The lowest BCUT2D eigenvalue weighted by molar-refractivity contribution is -0.385. The van der Waals surface area contributed by atoms with Gasteiger partial charge in [0.2, 0.25) is 0 Å². The minimum Gasteiger partial charge on any atom is -0.365 e. The van der Waals surface area contributed by atoms with E-state index < -0.39 is 33.5 Å². The number of aromatic nitrogens is 1. The molecule has 1 amide bonds. The van der Waals surface area contributed by atoms with E-state index in [9.17, 15) is 24.1 Å². The van der Waals surface area contributed by atoms with Crippen LogP contribution in [0.2, 0.25) is 5.02 Å². The van der Waals surface area contributed by atoms with E-state index in [4.69, 9.17) is 17.3 Å². The zero-order valence-corrected chi connectivity index (χ0v) is 11.7. The molecule has 0 aliphatic rings. The molecular weight excluding hydrogens is 317 g/mol. The van der Waals surface area contributed by atoms with Crippen LogP contribution in [-0.4, -0.2) is 15.4 Å². The third kappa shape index (κ3) is 3.12. The fraction of sp³-hybridized carbons (Fsp3) is 0.0769. The number of pyridine rings is 1. The number of halogens is 2. The number of rotatable bonds is 4. The van der Waals surface area contributed by atoms with Crippen LogP contribution in [0.5, 0.6) is 0 Å². The molecule has 7 nitrogen and oxygen atoms in total. The average molecular weight is 326 g/mol. The van der Waals surface area contributed by atoms with Crippen molar-refractivity contribution in [3.05, 3.63) is 72.9 Å². The van der Waals surface area contributed by atoms with Crippen molar-refractivity contribution < 1.29 is 14.1 Å². The third-order valence-corrected chi connectivity index (χ3v) is 3.26. The molecule has 2 rings (SSSR count). The number of carbonyl (C=O) groups is 1. The summed E-state index contributed by atoms with van der Waals surface area (Å²) < 4.78 is 13.9. The van der Waals surface area contributed by atoms with Crippen molar-refractivity contribution in [2.75, 3.05) is 0 Å². The lowest BCUT2D eigenvalue weighted by atomic mass is 10.2. The topological polar surface area (TPSA) is 108 Å². The Morgan fingerprint density at radius 3 is 2.64 bits per heavy atom. The SMILES string of the molecule is NC(=O)c1cc([N+](=O)[O-])cn(Cc2ccc(F)cc2Cl)c1=O. The Balaban J connectivity index is 2.56. The summed E-state index contributed by atoms with van der Waals surface area (Å²) in [5.41, 5.74) is 3.64. The van der Waals surface area contributed by atoms with Gasteiger partial charge in [0.25, 0.3) is 17.2 Å². The molecule has 1 aromatic heterocycles. The van der Waals surface area contributed by atoms with Crippen LogP contribution in [0.3, 0.4) is 0 Å². The molecule has 0 aliphatic carbocycles. The maximum Gasteiger partial charge on any atom is 0.286 e. The summed E-state index contributed by atoms with van der Waals surface area (Å²) in [7, 11) is 0. The van der Waals surface area contributed by atoms with Crippen molar-refractivity contribution in [1.82, 2.24) is 4.57 Å². The van der Waals surface area contributed by atoms with Gasteiger partial charge in [-0.05, 0) is 17.7 Å². The van der Waals surface area contributed by atoms with E-state index in [1.807, 2.05) is 0 Å². The molecule has 0 aliphatic heterocycles. The van der Waals surface area contributed by atoms with Gasteiger partial charge in [-0.2, -0.15) is 0 Å². The number of nitrogens with zero attached hydrogens (tertiary/aromatic N) is 2. The van der Waals surface area contributed by atoms with Gasteiger partial charge in [0.05, 0.1) is 17.7 Å². The van der Waals surface area contributed by atoms with Crippen molar-refractivity contribution in [1.29, 1.82) is 0 Å². The molecule has 1 aromatic carbocycles. The average Bonchev–Trinajstić information content (AvgIpc) is 2.43. The summed E-state index contributed by atoms with van der Waals surface area (Å²) in [4.78, 5) is 33.4. The first-order valence-corrected chi connectivity index (χ1v) is 6.30. The van der Waals surface area contributed by atoms with Crippen LogP contribution in [-0.2, 0) is 6.54 Å². The summed E-state index contributed by atoms with van der Waals surface area (Å²) in [5.74, 6) is -1.63. The molecule has 0 saturated carbocycles. The van der Waals surface area contributed by atoms with Gasteiger partial charge in [-0.1, -0.05) is 17.7 Å². The Morgan fingerprint density at radius 1 is 1.41 bits per heavy atom. The Hall–Kier alpha value is -2.74. The monoisotopic (exact) mass is 325 g/mol. The lowest BCUT2D eigenvalue weighted by Gasteiger charge is -2.09. The molecule has 0 atom stereocenters. The van der Waals surface area contributed by atoms with Gasteiger partial charge in [0.15, 0.2) is 0 Å². The summed E-state index contributed by atoms with van der Waals surface area (Å²) in [5, 5.41) is 10.9. The molecule has 22 heavy (non-hydrogen) atoms. The maximum atomic E-state index is 13.0. The van der Waals surface area contributed by atoms with E-state index in [-0.39, 0.29) is 11.6 Å². The van der Waals surface area contributed by atoms with Crippen LogP contribution in [0.15, 0.2) is 35.3 Å². The molecule has 0 radical (unpaired) electrons. The van der Waals surface area contributed by atoms with Crippen LogP contribution >= 0.6 is 11.6 Å². The summed E-state index contributed by atoms with van der Waals surface area (Å²) in [6.07, 6.45) is 0.967. The van der Waals surface area contributed by atoms with E-state index in [0.29, 0.717) is 5.56 Å². The fourth-order valence-corrected chi connectivity index (χ4v) is 2.07. The highest BCUT2D eigenvalue weighted by molar-refractivity contribution is 6.31. The molecular formula is C13H9ClFN3O4. The van der Waals surface area contributed by atoms with Gasteiger partial charge in [-0.15, -0.1) is 0 Å². The smallest absolute Gasteiger partial charge is 0.286 e. The van der Waals surface area contributed by atoms with Crippen molar-refractivity contribution in [3.8, 4) is 0 Å². The number of nitrogens with two attached hydrogens (primary N) is 1. The molecule has 0 saturated heterocycles. The first kappa shape index (κ1) is 15.6. The number of hydrogen-bond acceptors (Lipinski definition) is 4. The molecule has 114 valence electrons. The third-order valence-electron chi connectivity index (χ3n) is 2.90. The molecule has 2 aromatic rings. The lowest BCUT2D eigenvalue weighted by Crippen LogP contribution is -2.30. The first-order valence-electron chi connectivity index (χ1n) is 5.92. The summed E-state index contributed by atoms with van der Waals surface area (Å²) in [6.45, 7) is -0.167. The van der Waals surface area contributed by atoms with E-state index >= 15 is 0 Å². The molecule has 2 N–H and O–H groups in total. The second kappa shape index (κ2) is 5.94. The van der Waals surface area contributed by atoms with Crippen molar-refractivity contribution in [2.45, 2.75) is 6.54 Å². The summed E-state index contributed by atoms with van der Waals surface area (Å²) in [6, 6.07) is 4.34. The fourth-order valence-electron chi connectivity index (χ4n) is 1.85. The van der Waals surface area contributed by atoms with E-state index in [1.165, 1.54) is 6.07 Å². The van der Waals surface area contributed by atoms with Crippen molar-refractivity contribution in [2.24, 2.45) is 5.73 Å². The quantitative estimate of drug-likeness (QED) is 0.681. The van der Waals surface area contributed by atoms with Gasteiger partial charge in [-0.3, -0.25) is 19.7 Å². The number of carbonyl (C=O) groups excluding carboxylic acids is 1. The van der Waals surface area contributed by atoms with Gasteiger partial charge in [-0.25, -0.2) is 4.39 Å². The van der Waals surface area contributed by atoms with Crippen LogP contribution < -0.4 is 11.3 Å². The Morgan fingerprint density at radius 2 is 2.09 bits per heavy atom. The van der Waals surface area contributed by atoms with Gasteiger partial charge in [0.1, 0.15) is 11.4 Å². The molecule has 0 fully saturated rings. The maximum absolute atomic E-state index is 13.0. The second-order valence-corrected chi connectivity index (χ2v) is 4.81. The first-order chi connectivity index (χ1) is 10.3. The molecule has 0 spiro atoms. The Bertz CT molecular complexity index is 835. The van der Waals surface area contributed by atoms with Gasteiger partial charge < -0.3 is 10.3 Å². The van der Waals surface area contributed by atoms with Gasteiger partial charge >= 0.3 is 0 Å². The normalized spacial score (nSPS) is 10.5. The zero-order valence-electron chi connectivity index (χ0n) is 11.0. The molecule has 1 heterocycles. The van der Waals surface area contributed by atoms with Crippen LogP contribution in [0.1, 0.15) is 15.9 Å². The minimum absolute atomic E-state index is 0.0547. The largest absolute Gasteiger partial charge is 0.365 e. The van der Waals surface area contributed by atoms with E-state index in [2.05, 4.69) is 0 Å². The number of primary amides is 1. The van der Waals surface area contributed by atoms with Crippen LogP contribution in [0.4, 0.5) is 10.1 Å². The molecule has 9 heteroatoms. The Labute approximate surface area is 127 Å². The van der Waals surface area contributed by atoms with Crippen LogP contribution in [0, 0.1) is 15.9 Å². The predicted molar refractivity (Wildman–Crippen MR) is 76.4 cm³/mol. The Kier molecular flexibility index (Phi) is 4.22. The number of hydrogen-bond donors (Lipinski definition) is 1. The molecule has 0 bridgehead atoms. The number of benzene rings is 1.